The van der Waals surface area contributed by atoms with Crippen LogP contribution in [0.25, 0.3) is 0 Å². The topological polar surface area (TPSA) is 3.24 Å². The molecule has 1 fully saturated rings. The van der Waals surface area contributed by atoms with E-state index in [9.17, 15) is 0 Å². The van der Waals surface area contributed by atoms with Gasteiger partial charge in [-0.3, -0.25) is 0 Å². The van der Waals surface area contributed by atoms with Gasteiger partial charge in [0.25, 0.3) is 0 Å². The molecule has 0 amide bonds. The van der Waals surface area contributed by atoms with Crippen molar-refractivity contribution in [3.8, 4) is 0 Å². The van der Waals surface area contributed by atoms with Gasteiger partial charge in [0.15, 0.2) is 0 Å². The molecule has 88 valence electrons. The van der Waals surface area contributed by atoms with Crippen molar-refractivity contribution in [1.29, 1.82) is 0 Å². The van der Waals surface area contributed by atoms with Crippen molar-refractivity contribution in [2.24, 2.45) is 0 Å². The molecule has 0 radical (unpaired) electrons. The van der Waals surface area contributed by atoms with Crippen molar-refractivity contribution >= 4 is 22.6 Å². The van der Waals surface area contributed by atoms with Crippen LogP contribution in [0.4, 0.5) is 0 Å². The summed E-state index contributed by atoms with van der Waals surface area (Å²) < 4.78 is 1.12. The molecule has 2 rings (SSSR count). The largest absolute Gasteiger partial charge is 0.303 e. The third-order valence-electron chi connectivity index (χ3n) is 3.34. The third-order valence-corrected chi connectivity index (χ3v) is 4.22. The second kappa shape index (κ2) is 6.60. The van der Waals surface area contributed by atoms with E-state index in [1.807, 2.05) is 0 Å². The maximum Gasteiger partial charge on any atom is 0.0247 e. The van der Waals surface area contributed by atoms with Crippen LogP contribution in [0.1, 0.15) is 30.4 Å². The predicted octanol–water partition coefficient (Wildman–Crippen LogP) is 3.65. The lowest BCUT2D eigenvalue weighted by atomic mass is 10.1. The van der Waals surface area contributed by atoms with E-state index in [-0.39, 0.29) is 0 Å². The molecule has 0 atom stereocenters. The van der Waals surface area contributed by atoms with Crippen LogP contribution in [0.3, 0.4) is 0 Å². The number of piperidine rings is 1. The minimum absolute atomic E-state index is 1.12. The molecule has 0 aliphatic carbocycles. The summed E-state index contributed by atoms with van der Waals surface area (Å²) in [6, 6.07) is 9.10. The molecule has 0 bridgehead atoms. The average molecular weight is 329 g/mol. The van der Waals surface area contributed by atoms with Gasteiger partial charge in [-0.2, -0.15) is 0 Å². The molecule has 1 aliphatic rings. The first kappa shape index (κ1) is 12.4. The zero-order valence-electron chi connectivity index (χ0n) is 9.79. The minimum atomic E-state index is 1.12. The molecule has 1 aromatic rings. The number of rotatable bonds is 4. The SMILES string of the molecule is ICc1ccc(CCN2CCCCC2)cc1. The fraction of sp³-hybridized carbons (Fsp3) is 0.571. The molecule has 0 aromatic heterocycles. The molecule has 0 saturated carbocycles. The fourth-order valence-electron chi connectivity index (χ4n) is 2.27. The van der Waals surface area contributed by atoms with E-state index in [0.717, 1.165) is 4.43 Å². The molecule has 1 aromatic carbocycles. The quantitative estimate of drug-likeness (QED) is 0.602. The number of hydrogen-bond donors (Lipinski definition) is 0. The van der Waals surface area contributed by atoms with Crippen LogP contribution < -0.4 is 0 Å². The Balaban J connectivity index is 1.79. The Labute approximate surface area is 112 Å². The first-order chi connectivity index (χ1) is 7.88. The van der Waals surface area contributed by atoms with Crippen LogP contribution in [0.5, 0.6) is 0 Å². The van der Waals surface area contributed by atoms with Gasteiger partial charge in [-0.05, 0) is 43.5 Å². The van der Waals surface area contributed by atoms with E-state index in [0.29, 0.717) is 0 Å². The van der Waals surface area contributed by atoms with Crippen molar-refractivity contribution in [2.45, 2.75) is 30.1 Å². The number of alkyl halides is 1. The second-order valence-electron chi connectivity index (χ2n) is 4.60. The Hall–Kier alpha value is -0.0900. The van der Waals surface area contributed by atoms with Gasteiger partial charge in [0.1, 0.15) is 0 Å². The van der Waals surface area contributed by atoms with Crippen LogP contribution in [-0.2, 0) is 10.8 Å². The summed E-state index contributed by atoms with van der Waals surface area (Å²) >= 11 is 2.41. The fourth-order valence-corrected chi connectivity index (χ4v) is 2.77. The molecule has 1 heterocycles. The maximum absolute atomic E-state index is 2.61. The molecular weight excluding hydrogens is 309 g/mol. The normalized spacial score (nSPS) is 17.6. The van der Waals surface area contributed by atoms with Crippen LogP contribution in [-0.4, -0.2) is 24.5 Å². The van der Waals surface area contributed by atoms with Crippen molar-refractivity contribution in [3.05, 3.63) is 35.4 Å². The predicted molar refractivity (Wildman–Crippen MR) is 78.2 cm³/mol. The van der Waals surface area contributed by atoms with E-state index >= 15 is 0 Å². The summed E-state index contributed by atoms with van der Waals surface area (Å²) in [5, 5.41) is 0. The van der Waals surface area contributed by atoms with Crippen molar-refractivity contribution < 1.29 is 0 Å². The average Bonchev–Trinajstić information content (AvgIpc) is 2.38. The number of hydrogen-bond acceptors (Lipinski definition) is 1. The molecule has 0 spiro atoms. The Kier molecular flexibility index (Phi) is 5.10. The summed E-state index contributed by atoms with van der Waals surface area (Å²) in [4.78, 5) is 2.61. The van der Waals surface area contributed by atoms with Gasteiger partial charge in [0.05, 0.1) is 0 Å². The standard InChI is InChI=1S/C14H20IN/c15-12-14-6-4-13(5-7-14)8-11-16-9-2-1-3-10-16/h4-7H,1-3,8-12H2. The molecular formula is C14H20IN. The monoisotopic (exact) mass is 329 g/mol. The van der Waals surface area contributed by atoms with Gasteiger partial charge in [-0.1, -0.05) is 53.3 Å². The van der Waals surface area contributed by atoms with E-state index in [1.54, 1.807) is 0 Å². The molecule has 0 N–H and O–H groups in total. The first-order valence-corrected chi connectivity index (χ1v) is 7.77. The van der Waals surface area contributed by atoms with Gasteiger partial charge >= 0.3 is 0 Å². The van der Waals surface area contributed by atoms with Crippen LogP contribution in [0.15, 0.2) is 24.3 Å². The Bertz CT molecular complexity index is 301. The van der Waals surface area contributed by atoms with E-state index < -0.39 is 0 Å². The van der Waals surface area contributed by atoms with Crippen molar-refractivity contribution in [2.75, 3.05) is 19.6 Å². The number of benzene rings is 1. The first-order valence-electron chi connectivity index (χ1n) is 6.24. The minimum Gasteiger partial charge on any atom is -0.303 e. The Morgan fingerprint density at radius 3 is 2.19 bits per heavy atom. The highest BCUT2D eigenvalue weighted by Gasteiger charge is 2.09. The molecule has 16 heavy (non-hydrogen) atoms. The Morgan fingerprint density at radius 2 is 1.56 bits per heavy atom. The summed E-state index contributed by atoms with van der Waals surface area (Å²) in [7, 11) is 0. The van der Waals surface area contributed by atoms with Gasteiger partial charge in [-0.15, -0.1) is 0 Å². The zero-order chi connectivity index (χ0) is 11.2. The van der Waals surface area contributed by atoms with Gasteiger partial charge in [0.2, 0.25) is 0 Å². The van der Waals surface area contributed by atoms with Gasteiger partial charge < -0.3 is 4.90 Å². The molecule has 0 unspecified atom stereocenters. The molecule has 1 saturated heterocycles. The van der Waals surface area contributed by atoms with E-state index in [1.165, 1.54) is 56.4 Å². The number of likely N-dealkylation sites (tertiary alicyclic amines) is 1. The van der Waals surface area contributed by atoms with Crippen molar-refractivity contribution in [1.82, 2.24) is 4.90 Å². The van der Waals surface area contributed by atoms with E-state index in [4.69, 9.17) is 0 Å². The number of halogens is 1. The number of nitrogens with zero attached hydrogens (tertiary/aromatic N) is 1. The highest BCUT2D eigenvalue weighted by molar-refractivity contribution is 14.1. The summed E-state index contributed by atoms with van der Waals surface area (Å²) in [5.41, 5.74) is 2.92. The summed E-state index contributed by atoms with van der Waals surface area (Å²) in [5.74, 6) is 0. The molecule has 2 heteroatoms. The lowest BCUT2D eigenvalue weighted by molar-refractivity contribution is 0.231. The van der Waals surface area contributed by atoms with Gasteiger partial charge in [-0.25, -0.2) is 0 Å². The van der Waals surface area contributed by atoms with Crippen LogP contribution in [0.2, 0.25) is 0 Å². The molecule has 1 aliphatic heterocycles. The maximum atomic E-state index is 2.61. The Morgan fingerprint density at radius 1 is 0.938 bits per heavy atom. The highest BCUT2D eigenvalue weighted by Crippen LogP contribution is 2.12. The van der Waals surface area contributed by atoms with Gasteiger partial charge in [0, 0.05) is 11.0 Å². The lowest BCUT2D eigenvalue weighted by Crippen LogP contribution is -2.31. The van der Waals surface area contributed by atoms with E-state index in [2.05, 4.69) is 51.8 Å². The van der Waals surface area contributed by atoms with Crippen LogP contribution >= 0.6 is 22.6 Å². The highest BCUT2D eigenvalue weighted by atomic mass is 127. The van der Waals surface area contributed by atoms with Crippen LogP contribution in [0, 0.1) is 0 Å². The van der Waals surface area contributed by atoms with Crippen molar-refractivity contribution in [3.63, 3.8) is 0 Å². The second-order valence-corrected chi connectivity index (χ2v) is 5.37. The lowest BCUT2D eigenvalue weighted by Gasteiger charge is -2.26. The smallest absolute Gasteiger partial charge is 0.0247 e. The summed E-state index contributed by atoms with van der Waals surface area (Å²) in [6.07, 6.45) is 5.43. The summed E-state index contributed by atoms with van der Waals surface area (Å²) in [6.45, 7) is 3.86. The third kappa shape index (κ3) is 3.74. The zero-order valence-corrected chi connectivity index (χ0v) is 11.9. The molecule has 1 nitrogen and oxygen atoms in total.